The molecule has 0 bridgehead atoms. The number of hydrogen-bond acceptors (Lipinski definition) is 6. The molecule has 0 fully saturated rings. The standard InChI is InChI=1S/C23H19NO6S/c1-2-29-18-11-13-19(14-12-18)30-23(26)17-9-7-16(8-10-17)15-24-22(25)20-5-3-4-6-21(20)31(24,27)28/h3-14H,2,15H2,1H3. The second kappa shape index (κ2) is 8.23. The largest absolute Gasteiger partial charge is 0.494 e. The van der Waals surface area contributed by atoms with Gasteiger partial charge in [0, 0.05) is 0 Å². The van der Waals surface area contributed by atoms with Gasteiger partial charge in [-0.05, 0) is 61.0 Å². The number of amides is 1. The molecule has 31 heavy (non-hydrogen) atoms. The maximum atomic E-state index is 12.7. The van der Waals surface area contributed by atoms with Gasteiger partial charge in [0.1, 0.15) is 16.4 Å². The van der Waals surface area contributed by atoms with E-state index in [4.69, 9.17) is 9.47 Å². The van der Waals surface area contributed by atoms with Gasteiger partial charge in [-0.15, -0.1) is 0 Å². The Labute approximate surface area is 179 Å². The van der Waals surface area contributed by atoms with Gasteiger partial charge in [-0.2, -0.15) is 0 Å². The highest BCUT2D eigenvalue weighted by Gasteiger charge is 2.40. The molecule has 3 aromatic rings. The molecule has 0 aromatic heterocycles. The zero-order valence-corrected chi connectivity index (χ0v) is 17.5. The van der Waals surface area contributed by atoms with Gasteiger partial charge in [0.05, 0.1) is 24.3 Å². The number of carbonyl (C=O) groups excluding carboxylic acids is 2. The molecule has 0 aliphatic carbocycles. The van der Waals surface area contributed by atoms with Gasteiger partial charge < -0.3 is 9.47 Å². The molecule has 7 nitrogen and oxygen atoms in total. The molecular formula is C23H19NO6S. The first-order valence-electron chi connectivity index (χ1n) is 9.60. The number of carbonyl (C=O) groups is 2. The van der Waals surface area contributed by atoms with Crippen LogP contribution in [-0.2, 0) is 16.6 Å². The topological polar surface area (TPSA) is 90.0 Å². The van der Waals surface area contributed by atoms with E-state index in [0.717, 1.165) is 4.31 Å². The molecule has 1 heterocycles. The summed E-state index contributed by atoms with van der Waals surface area (Å²) >= 11 is 0. The molecule has 0 atom stereocenters. The monoisotopic (exact) mass is 437 g/mol. The predicted octanol–water partition coefficient (Wildman–Crippen LogP) is 3.65. The van der Waals surface area contributed by atoms with E-state index in [1.165, 1.54) is 24.3 Å². The van der Waals surface area contributed by atoms with Crippen molar-refractivity contribution in [2.24, 2.45) is 0 Å². The molecule has 0 radical (unpaired) electrons. The lowest BCUT2D eigenvalue weighted by Gasteiger charge is -2.15. The number of sulfonamides is 1. The summed E-state index contributed by atoms with van der Waals surface area (Å²) < 4.78 is 36.9. The van der Waals surface area contributed by atoms with E-state index < -0.39 is 21.9 Å². The Bertz CT molecular complexity index is 1230. The van der Waals surface area contributed by atoms with Crippen molar-refractivity contribution >= 4 is 21.9 Å². The first-order valence-corrected chi connectivity index (χ1v) is 11.0. The van der Waals surface area contributed by atoms with Gasteiger partial charge in [0.25, 0.3) is 15.9 Å². The van der Waals surface area contributed by atoms with Crippen molar-refractivity contribution in [3.05, 3.63) is 89.5 Å². The number of hydrogen-bond donors (Lipinski definition) is 0. The van der Waals surface area contributed by atoms with Crippen molar-refractivity contribution in [2.75, 3.05) is 6.61 Å². The Morgan fingerprint density at radius 1 is 0.903 bits per heavy atom. The highest BCUT2D eigenvalue weighted by atomic mass is 32.2. The fourth-order valence-electron chi connectivity index (χ4n) is 3.24. The van der Waals surface area contributed by atoms with Gasteiger partial charge in [0.2, 0.25) is 0 Å². The number of nitrogens with zero attached hydrogens (tertiary/aromatic N) is 1. The summed E-state index contributed by atoms with van der Waals surface area (Å²) in [5.41, 5.74) is 1.04. The van der Waals surface area contributed by atoms with Crippen LogP contribution < -0.4 is 9.47 Å². The van der Waals surface area contributed by atoms with E-state index in [-0.39, 0.29) is 17.0 Å². The minimum atomic E-state index is -3.89. The summed E-state index contributed by atoms with van der Waals surface area (Å²) in [6.07, 6.45) is 0. The SMILES string of the molecule is CCOc1ccc(OC(=O)c2ccc(CN3C(=O)c4ccccc4S3(=O)=O)cc2)cc1. The molecule has 8 heteroatoms. The number of esters is 1. The number of ether oxygens (including phenoxy) is 2. The Hall–Kier alpha value is -3.65. The van der Waals surface area contributed by atoms with E-state index in [1.807, 2.05) is 6.92 Å². The van der Waals surface area contributed by atoms with Crippen molar-refractivity contribution < 1.29 is 27.5 Å². The van der Waals surface area contributed by atoms with Gasteiger partial charge in [0.15, 0.2) is 0 Å². The molecule has 0 N–H and O–H groups in total. The third kappa shape index (κ3) is 4.02. The van der Waals surface area contributed by atoms with Crippen LogP contribution >= 0.6 is 0 Å². The Balaban J connectivity index is 1.45. The van der Waals surface area contributed by atoms with Crippen LogP contribution in [0.25, 0.3) is 0 Å². The fraction of sp³-hybridized carbons (Fsp3) is 0.130. The van der Waals surface area contributed by atoms with Crippen LogP contribution in [-0.4, -0.2) is 31.2 Å². The molecule has 1 aliphatic heterocycles. The molecule has 0 spiro atoms. The van der Waals surface area contributed by atoms with Crippen molar-refractivity contribution in [2.45, 2.75) is 18.4 Å². The first kappa shape index (κ1) is 20.6. The van der Waals surface area contributed by atoms with Crippen LogP contribution in [0.15, 0.2) is 77.7 Å². The Morgan fingerprint density at radius 2 is 1.55 bits per heavy atom. The lowest BCUT2D eigenvalue weighted by atomic mass is 10.1. The van der Waals surface area contributed by atoms with Crippen molar-refractivity contribution in [1.82, 2.24) is 4.31 Å². The average molecular weight is 437 g/mol. The van der Waals surface area contributed by atoms with Gasteiger partial charge >= 0.3 is 5.97 Å². The third-order valence-corrected chi connectivity index (χ3v) is 6.56. The normalized spacial score (nSPS) is 14.2. The van der Waals surface area contributed by atoms with Crippen LogP contribution in [0.2, 0.25) is 0 Å². The lowest BCUT2D eigenvalue weighted by Crippen LogP contribution is -2.29. The second-order valence-corrected chi connectivity index (χ2v) is 8.63. The summed E-state index contributed by atoms with van der Waals surface area (Å²) in [4.78, 5) is 24.9. The number of fused-ring (bicyclic) bond motifs is 1. The number of rotatable bonds is 6. The molecule has 158 valence electrons. The fourth-order valence-corrected chi connectivity index (χ4v) is 4.79. The predicted molar refractivity (Wildman–Crippen MR) is 113 cm³/mol. The molecule has 3 aromatic carbocycles. The summed E-state index contributed by atoms with van der Waals surface area (Å²) in [6, 6.07) is 19.1. The summed E-state index contributed by atoms with van der Waals surface area (Å²) in [5, 5.41) is 0. The van der Waals surface area contributed by atoms with E-state index in [0.29, 0.717) is 29.2 Å². The van der Waals surface area contributed by atoms with E-state index >= 15 is 0 Å². The Morgan fingerprint density at radius 3 is 2.19 bits per heavy atom. The van der Waals surface area contributed by atoms with Crippen LogP contribution in [0, 0.1) is 0 Å². The summed E-state index contributed by atoms with van der Waals surface area (Å²) in [5.74, 6) is -0.0492. The molecular weight excluding hydrogens is 418 g/mol. The van der Waals surface area contributed by atoms with Gasteiger partial charge in [-0.3, -0.25) is 4.79 Å². The van der Waals surface area contributed by atoms with E-state index in [2.05, 4.69) is 0 Å². The highest BCUT2D eigenvalue weighted by molar-refractivity contribution is 7.90. The highest BCUT2D eigenvalue weighted by Crippen LogP contribution is 2.31. The smallest absolute Gasteiger partial charge is 0.343 e. The van der Waals surface area contributed by atoms with Crippen molar-refractivity contribution in [3.8, 4) is 11.5 Å². The molecule has 4 rings (SSSR count). The maximum absolute atomic E-state index is 12.7. The van der Waals surface area contributed by atoms with E-state index in [9.17, 15) is 18.0 Å². The van der Waals surface area contributed by atoms with Gasteiger partial charge in [-0.25, -0.2) is 17.5 Å². The summed E-state index contributed by atoms with van der Waals surface area (Å²) in [7, 11) is -3.89. The van der Waals surface area contributed by atoms with Crippen LogP contribution in [0.4, 0.5) is 0 Å². The first-order chi connectivity index (χ1) is 14.9. The third-order valence-electron chi connectivity index (χ3n) is 4.77. The molecule has 1 amide bonds. The zero-order valence-electron chi connectivity index (χ0n) is 16.6. The Kier molecular flexibility index (Phi) is 5.48. The minimum Gasteiger partial charge on any atom is -0.494 e. The summed E-state index contributed by atoms with van der Waals surface area (Å²) in [6.45, 7) is 2.30. The van der Waals surface area contributed by atoms with Crippen LogP contribution in [0.1, 0.15) is 33.2 Å². The minimum absolute atomic E-state index is 0.00977. The van der Waals surface area contributed by atoms with Crippen molar-refractivity contribution in [1.29, 1.82) is 0 Å². The average Bonchev–Trinajstić information content (AvgIpc) is 2.97. The number of benzene rings is 3. The van der Waals surface area contributed by atoms with Crippen LogP contribution in [0.5, 0.6) is 11.5 Å². The molecule has 0 saturated heterocycles. The quantitative estimate of drug-likeness (QED) is 0.432. The molecule has 1 aliphatic rings. The van der Waals surface area contributed by atoms with Crippen LogP contribution in [0.3, 0.4) is 0 Å². The lowest BCUT2D eigenvalue weighted by molar-refractivity contribution is 0.0733. The molecule has 0 unspecified atom stereocenters. The molecule has 0 saturated carbocycles. The van der Waals surface area contributed by atoms with E-state index in [1.54, 1.807) is 48.5 Å². The maximum Gasteiger partial charge on any atom is 0.343 e. The van der Waals surface area contributed by atoms with Crippen molar-refractivity contribution in [3.63, 3.8) is 0 Å². The second-order valence-electron chi connectivity index (χ2n) is 6.80. The zero-order chi connectivity index (χ0) is 22.0. The van der Waals surface area contributed by atoms with Gasteiger partial charge in [-0.1, -0.05) is 24.3 Å².